The third kappa shape index (κ3) is 4.96. The number of hydrogen-bond donors (Lipinski definition) is 2. The third-order valence-corrected chi connectivity index (χ3v) is 6.52. The summed E-state index contributed by atoms with van der Waals surface area (Å²) in [7, 11) is 0. The normalized spacial score (nSPS) is 14.5. The van der Waals surface area contributed by atoms with Crippen molar-refractivity contribution in [2.24, 2.45) is 5.92 Å². The number of nitrogens with zero attached hydrogens (tertiary/aromatic N) is 4. The molecule has 1 fully saturated rings. The van der Waals surface area contributed by atoms with Crippen LogP contribution >= 0.6 is 11.3 Å². The summed E-state index contributed by atoms with van der Waals surface area (Å²) < 4.78 is 1.73. The van der Waals surface area contributed by atoms with Crippen molar-refractivity contribution in [3.63, 3.8) is 0 Å². The molecule has 0 aliphatic carbocycles. The van der Waals surface area contributed by atoms with Gasteiger partial charge < -0.3 is 15.5 Å². The monoisotopic (exact) mass is 454 g/mol. The minimum absolute atomic E-state index is 0.0191. The molecule has 0 bridgehead atoms. The molecule has 1 aliphatic rings. The van der Waals surface area contributed by atoms with Crippen LogP contribution in [0.4, 0.5) is 10.8 Å². The van der Waals surface area contributed by atoms with Crippen LogP contribution in [0.25, 0.3) is 10.3 Å². The van der Waals surface area contributed by atoms with E-state index in [-0.39, 0.29) is 29.8 Å². The Balaban J connectivity index is 1.42. The number of nitrogens with one attached hydrogen (secondary N) is 2. The highest BCUT2D eigenvalue weighted by molar-refractivity contribution is 7.22. The van der Waals surface area contributed by atoms with E-state index in [0.717, 1.165) is 24.4 Å². The van der Waals surface area contributed by atoms with E-state index in [4.69, 9.17) is 0 Å². The van der Waals surface area contributed by atoms with Crippen LogP contribution in [0.3, 0.4) is 0 Å². The van der Waals surface area contributed by atoms with Crippen LogP contribution in [0.2, 0.25) is 0 Å². The van der Waals surface area contributed by atoms with Crippen LogP contribution < -0.4 is 21.1 Å². The summed E-state index contributed by atoms with van der Waals surface area (Å²) in [4.78, 5) is 48.3. The van der Waals surface area contributed by atoms with Gasteiger partial charge >= 0.3 is 0 Å². The van der Waals surface area contributed by atoms with Crippen molar-refractivity contribution >= 4 is 44.3 Å². The summed E-state index contributed by atoms with van der Waals surface area (Å²) in [6, 6.07) is 9.09. The minimum Gasteiger partial charge on any atom is -0.356 e. The lowest BCUT2D eigenvalue weighted by Crippen LogP contribution is -2.40. The standard InChI is InChI=1S/C22H26N6O3S/c1-2-10-23-20(30)15-8-11-27(12-9-15)22-26-19-18(32-22)21(31)28(14-24-19)13-17(29)25-16-6-4-3-5-7-16/h3-7,14-15H,2,8-13H2,1H3,(H,23,30)(H,25,29). The van der Waals surface area contributed by atoms with Crippen LogP contribution in [0.5, 0.6) is 0 Å². The van der Waals surface area contributed by atoms with Gasteiger partial charge in [-0.15, -0.1) is 0 Å². The Hall–Kier alpha value is -3.27. The molecule has 0 unspecified atom stereocenters. The second-order valence-electron chi connectivity index (χ2n) is 7.79. The van der Waals surface area contributed by atoms with E-state index in [2.05, 4.69) is 25.5 Å². The maximum absolute atomic E-state index is 12.9. The molecule has 4 rings (SSSR count). The van der Waals surface area contributed by atoms with E-state index in [0.29, 0.717) is 35.7 Å². The first-order valence-electron chi connectivity index (χ1n) is 10.8. The van der Waals surface area contributed by atoms with Gasteiger partial charge in [0.25, 0.3) is 5.56 Å². The number of aromatic nitrogens is 3. The number of piperidine rings is 1. The molecule has 0 radical (unpaired) electrons. The summed E-state index contributed by atoms with van der Waals surface area (Å²) >= 11 is 1.29. The molecule has 3 heterocycles. The molecule has 0 spiro atoms. The van der Waals surface area contributed by atoms with Gasteiger partial charge in [0, 0.05) is 31.2 Å². The molecule has 168 valence electrons. The van der Waals surface area contributed by atoms with E-state index in [1.54, 1.807) is 12.1 Å². The molecule has 9 nitrogen and oxygen atoms in total. The van der Waals surface area contributed by atoms with Gasteiger partial charge in [-0.05, 0) is 31.4 Å². The summed E-state index contributed by atoms with van der Waals surface area (Å²) in [6.07, 6.45) is 3.79. The largest absolute Gasteiger partial charge is 0.356 e. The van der Waals surface area contributed by atoms with E-state index >= 15 is 0 Å². The highest BCUT2D eigenvalue weighted by atomic mass is 32.1. The Labute approximate surface area is 189 Å². The molecule has 10 heteroatoms. The van der Waals surface area contributed by atoms with E-state index in [9.17, 15) is 14.4 Å². The maximum Gasteiger partial charge on any atom is 0.273 e. The first-order chi connectivity index (χ1) is 15.5. The van der Waals surface area contributed by atoms with Crippen molar-refractivity contribution in [3.05, 3.63) is 47.0 Å². The van der Waals surface area contributed by atoms with Crippen LogP contribution in [-0.4, -0.2) is 46.0 Å². The first kappa shape index (κ1) is 21.9. The zero-order chi connectivity index (χ0) is 22.5. The molecule has 2 aromatic heterocycles. The zero-order valence-electron chi connectivity index (χ0n) is 17.9. The van der Waals surface area contributed by atoms with Gasteiger partial charge in [0.1, 0.15) is 17.6 Å². The van der Waals surface area contributed by atoms with Crippen LogP contribution in [-0.2, 0) is 16.1 Å². The number of amides is 2. The lowest BCUT2D eigenvalue weighted by atomic mass is 9.96. The fraction of sp³-hybridized carbons (Fsp3) is 0.409. The van der Waals surface area contributed by atoms with Crippen molar-refractivity contribution in [1.29, 1.82) is 0 Å². The van der Waals surface area contributed by atoms with Gasteiger partial charge in [-0.3, -0.25) is 19.0 Å². The van der Waals surface area contributed by atoms with Crippen molar-refractivity contribution in [1.82, 2.24) is 19.9 Å². The van der Waals surface area contributed by atoms with Crippen LogP contribution in [0.1, 0.15) is 26.2 Å². The van der Waals surface area contributed by atoms with E-state index in [1.165, 1.54) is 22.2 Å². The van der Waals surface area contributed by atoms with E-state index in [1.807, 2.05) is 25.1 Å². The Morgan fingerprint density at radius 1 is 1.19 bits per heavy atom. The highest BCUT2D eigenvalue weighted by Crippen LogP contribution is 2.29. The number of benzene rings is 1. The minimum atomic E-state index is -0.299. The molecule has 0 atom stereocenters. The maximum atomic E-state index is 12.9. The Kier molecular flexibility index (Phi) is 6.79. The third-order valence-electron chi connectivity index (χ3n) is 5.43. The van der Waals surface area contributed by atoms with Crippen molar-refractivity contribution in [2.75, 3.05) is 29.9 Å². The molecule has 0 saturated carbocycles. The number of fused-ring (bicyclic) bond motifs is 1. The topological polar surface area (TPSA) is 109 Å². The molecule has 3 aromatic rings. The predicted molar refractivity (Wildman–Crippen MR) is 125 cm³/mol. The lowest BCUT2D eigenvalue weighted by molar-refractivity contribution is -0.125. The number of carbonyl (C=O) groups is 2. The highest BCUT2D eigenvalue weighted by Gasteiger charge is 2.26. The van der Waals surface area contributed by atoms with Gasteiger partial charge in [-0.1, -0.05) is 36.5 Å². The van der Waals surface area contributed by atoms with Crippen molar-refractivity contribution in [2.45, 2.75) is 32.7 Å². The second-order valence-corrected chi connectivity index (χ2v) is 8.77. The Morgan fingerprint density at radius 3 is 2.66 bits per heavy atom. The number of para-hydroxylation sites is 1. The summed E-state index contributed by atoms with van der Waals surface area (Å²) in [6.45, 7) is 4.03. The van der Waals surface area contributed by atoms with Crippen LogP contribution in [0, 0.1) is 5.92 Å². The van der Waals surface area contributed by atoms with Gasteiger partial charge in [-0.2, -0.15) is 4.98 Å². The van der Waals surface area contributed by atoms with Gasteiger partial charge in [0.2, 0.25) is 11.8 Å². The fourth-order valence-corrected chi connectivity index (χ4v) is 4.71. The SMILES string of the molecule is CCCNC(=O)C1CCN(c2nc3ncn(CC(=O)Nc4ccccc4)c(=O)c3s2)CC1. The van der Waals surface area contributed by atoms with Crippen molar-refractivity contribution in [3.8, 4) is 0 Å². The summed E-state index contributed by atoms with van der Waals surface area (Å²) in [5.74, 6) is -0.160. The van der Waals surface area contributed by atoms with E-state index < -0.39 is 0 Å². The zero-order valence-corrected chi connectivity index (χ0v) is 18.7. The van der Waals surface area contributed by atoms with Gasteiger partial charge in [0.05, 0.1) is 0 Å². The van der Waals surface area contributed by atoms with Crippen LogP contribution in [0.15, 0.2) is 41.5 Å². The quantitative estimate of drug-likeness (QED) is 0.567. The molecule has 1 aliphatic heterocycles. The predicted octanol–water partition coefficient (Wildman–Crippen LogP) is 2.23. The number of anilines is 2. The average Bonchev–Trinajstić information content (AvgIpc) is 3.25. The number of hydrogen-bond acceptors (Lipinski definition) is 7. The second kappa shape index (κ2) is 9.90. The molecule has 1 saturated heterocycles. The number of thiazole rings is 1. The van der Waals surface area contributed by atoms with Crippen molar-refractivity contribution < 1.29 is 9.59 Å². The average molecular weight is 455 g/mol. The van der Waals surface area contributed by atoms with Gasteiger partial charge in [-0.25, -0.2) is 4.98 Å². The molecule has 2 N–H and O–H groups in total. The molecule has 2 amide bonds. The Morgan fingerprint density at radius 2 is 1.94 bits per heavy atom. The lowest BCUT2D eigenvalue weighted by Gasteiger charge is -2.30. The fourth-order valence-electron chi connectivity index (χ4n) is 3.69. The molecular weight excluding hydrogens is 428 g/mol. The Bertz CT molecular complexity index is 1150. The molecular formula is C22H26N6O3S. The first-order valence-corrected chi connectivity index (χ1v) is 11.6. The van der Waals surface area contributed by atoms with Gasteiger partial charge in [0.15, 0.2) is 10.8 Å². The number of rotatable bonds is 7. The summed E-state index contributed by atoms with van der Waals surface area (Å²) in [5, 5.41) is 6.46. The number of carbonyl (C=O) groups excluding carboxylic acids is 2. The smallest absolute Gasteiger partial charge is 0.273 e. The summed E-state index contributed by atoms with van der Waals surface area (Å²) in [5.41, 5.74) is 0.778. The molecule has 32 heavy (non-hydrogen) atoms. The molecule has 1 aromatic carbocycles.